The zero-order valence-electron chi connectivity index (χ0n) is 10.2. The minimum atomic E-state index is -0.169. The SMILES string of the molecule is CCNc1ccc(C(=O)Nc2nncs2)cc1C. The number of benzene rings is 1. The van der Waals surface area contributed by atoms with E-state index in [9.17, 15) is 4.79 Å². The largest absolute Gasteiger partial charge is 0.385 e. The smallest absolute Gasteiger partial charge is 0.257 e. The van der Waals surface area contributed by atoms with Crippen LogP contribution >= 0.6 is 11.3 Å². The Bertz CT molecular complexity index is 539. The van der Waals surface area contributed by atoms with Crippen LogP contribution in [0, 0.1) is 6.92 Å². The molecule has 0 aliphatic rings. The molecule has 0 bridgehead atoms. The van der Waals surface area contributed by atoms with Crippen LogP contribution in [0.5, 0.6) is 0 Å². The molecule has 2 rings (SSSR count). The minimum Gasteiger partial charge on any atom is -0.385 e. The Hall–Kier alpha value is -1.95. The van der Waals surface area contributed by atoms with Crippen LogP contribution in [0.2, 0.25) is 0 Å². The van der Waals surface area contributed by atoms with Gasteiger partial charge in [-0.2, -0.15) is 0 Å². The predicted molar refractivity (Wildman–Crippen MR) is 73.2 cm³/mol. The molecule has 18 heavy (non-hydrogen) atoms. The first-order chi connectivity index (χ1) is 8.70. The zero-order chi connectivity index (χ0) is 13.0. The normalized spacial score (nSPS) is 10.1. The van der Waals surface area contributed by atoms with E-state index >= 15 is 0 Å². The Kier molecular flexibility index (Phi) is 3.88. The fourth-order valence-corrected chi connectivity index (χ4v) is 2.03. The Labute approximate surface area is 109 Å². The average Bonchev–Trinajstić information content (AvgIpc) is 2.84. The fourth-order valence-electron chi connectivity index (χ4n) is 1.59. The van der Waals surface area contributed by atoms with Gasteiger partial charge in [0, 0.05) is 17.8 Å². The standard InChI is InChI=1S/C12H14N4OS/c1-3-13-10-5-4-9(6-8(10)2)11(17)15-12-16-14-7-18-12/h4-7,13H,3H2,1-2H3,(H,15,16,17). The molecular formula is C12H14N4OS. The second-order valence-electron chi connectivity index (χ2n) is 3.76. The summed E-state index contributed by atoms with van der Waals surface area (Å²) in [5.41, 5.74) is 4.28. The number of carbonyl (C=O) groups excluding carboxylic acids is 1. The molecule has 1 aromatic heterocycles. The van der Waals surface area contributed by atoms with E-state index in [4.69, 9.17) is 0 Å². The summed E-state index contributed by atoms with van der Waals surface area (Å²) in [6.45, 7) is 4.87. The van der Waals surface area contributed by atoms with Gasteiger partial charge in [0.2, 0.25) is 5.13 Å². The highest BCUT2D eigenvalue weighted by atomic mass is 32.1. The summed E-state index contributed by atoms with van der Waals surface area (Å²) < 4.78 is 0. The Morgan fingerprint density at radius 3 is 2.89 bits per heavy atom. The van der Waals surface area contributed by atoms with Crippen LogP contribution in [0.4, 0.5) is 10.8 Å². The molecule has 2 aromatic rings. The van der Waals surface area contributed by atoms with Crippen molar-refractivity contribution in [3.05, 3.63) is 34.8 Å². The molecular weight excluding hydrogens is 248 g/mol. The van der Waals surface area contributed by atoms with Crippen molar-refractivity contribution in [2.24, 2.45) is 0 Å². The van der Waals surface area contributed by atoms with Gasteiger partial charge in [-0.3, -0.25) is 10.1 Å². The van der Waals surface area contributed by atoms with Gasteiger partial charge in [-0.05, 0) is 37.6 Å². The number of nitrogens with zero attached hydrogens (tertiary/aromatic N) is 2. The van der Waals surface area contributed by atoms with Crippen molar-refractivity contribution in [3.63, 3.8) is 0 Å². The number of rotatable bonds is 4. The lowest BCUT2D eigenvalue weighted by Crippen LogP contribution is -2.12. The second-order valence-corrected chi connectivity index (χ2v) is 4.59. The Morgan fingerprint density at radius 1 is 1.44 bits per heavy atom. The number of carbonyl (C=O) groups is 1. The van der Waals surface area contributed by atoms with Crippen LogP contribution < -0.4 is 10.6 Å². The topological polar surface area (TPSA) is 66.9 Å². The molecule has 94 valence electrons. The molecule has 1 amide bonds. The van der Waals surface area contributed by atoms with Gasteiger partial charge in [0.05, 0.1) is 0 Å². The Balaban J connectivity index is 2.13. The van der Waals surface area contributed by atoms with Crippen molar-refractivity contribution in [2.45, 2.75) is 13.8 Å². The molecule has 0 aliphatic carbocycles. The fraction of sp³-hybridized carbons (Fsp3) is 0.250. The van der Waals surface area contributed by atoms with Gasteiger partial charge < -0.3 is 5.32 Å². The highest BCUT2D eigenvalue weighted by molar-refractivity contribution is 7.13. The number of nitrogens with one attached hydrogen (secondary N) is 2. The summed E-state index contributed by atoms with van der Waals surface area (Å²) in [6, 6.07) is 5.56. The van der Waals surface area contributed by atoms with Gasteiger partial charge in [0.25, 0.3) is 5.91 Å². The molecule has 0 unspecified atom stereocenters. The monoisotopic (exact) mass is 262 g/mol. The van der Waals surface area contributed by atoms with Crippen LogP contribution in [0.3, 0.4) is 0 Å². The van der Waals surface area contributed by atoms with Gasteiger partial charge in [-0.15, -0.1) is 10.2 Å². The summed E-state index contributed by atoms with van der Waals surface area (Å²) in [4.78, 5) is 11.9. The summed E-state index contributed by atoms with van der Waals surface area (Å²) in [7, 11) is 0. The second kappa shape index (κ2) is 5.59. The first-order valence-electron chi connectivity index (χ1n) is 5.62. The lowest BCUT2D eigenvalue weighted by molar-refractivity contribution is 0.102. The van der Waals surface area contributed by atoms with Crippen molar-refractivity contribution in [1.82, 2.24) is 10.2 Å². The summed E-state index contributed by atoms with van der Waals surface area (Å²) >= 11 is 1.29. The molecule has 0 radical (unpaired) electrons. The first-order valence-corrected chi connectivity index (χ1v) is 6.50. The first kappa shape index (κ1) is 12.5. The van der Waals surface area contributed by atoms with Crippen molar-refractivity contribution in [2.75, 3.05) is 17.2 Å². The van der Waals surface area contributed by atoms with Gasteiger partial charge >= 0.3 is 0 Å². The maximum atomic E-state index is 11.9. The number of aromatic nitrogens is 2. The third-order valence-electron chi connectivity index (χ3n) is 2.44. The quantitative estimate of drug-likeness (QED) is 0.888. The molecule has 0 aliphatic heterocycles. The van der Waals surface area contributed by atoms with Crippen molar-refractivity contribution in [1.29, 1.82) is 0 Å². The number of aryl methyl sites for hydroxylation is 1. The number of amides is 1. The van der Waals surface area contributed by atoms with Crippen LogP contribution in [0.15, 0.2) is 23.7 Å². The molecule has 0 fully saturated rings. The predicted octanol–water partition coefficient (Wildman–Crippen LogP) is 2.53. The van der Waals surface area contributed by atoms with Gasteiger partial charge in [0.15, 0.2) is 0 Å². The van der Waals surface area contributed by atoms with E-state index in [1.54, 1.807) is 11.6 Å². The number of hydrogen-bond donors (Lipinski definition) is 2. The molecule has 1 heterocycles. The van der Waals surface area contributed by atoms with Crippen LogP contribution in [0.25, 0.3) is 0 Å². The summed E-state index contributed by atoms with van der Waals surface area (Å²) in [6.07, 6.45) is 0. The van der Waals surface area contributed by atoms with E-state index in [-0.39, 0.29) is 5.91 Å². The van der Waals surface area contributed by atoms with E-state index in [1.165, 1.54) is 11.3 Å². The summed E-state index contributed by atoms with van der Waals surface area (Å²) in [5, 5.41) is 13.9. The van der Waals surface area contributed by atoms with Crippen molar-refractivity contribution < 1.29 is 4.79 Å². The molecule has 0 saturated heterocycles. The molecule has 1 aromatic carbocycles. The van der Waals surface area contributed by atoms with E-state index in [1.807, 2.05) is 26.0 Å². The van der Waals surface area contributed by atoms with Crippen molar-refractivity contribution in [3.8, 4) is 0 Å². The highest BCUT2D eigenvalue weighted by Gasteiger charge is 2.09. The molecule has 5 nitrogen and oxygen atoms in total. The molecule has 2 N–H and O–H groups in total. The lowest BCUT2D eigenvalue weighted by Gasteiger charge is -2.09. The Morgan fingerprint density at radius 2 is 2.28 bits per heavy atom. The maximum absolute atomic E-state index is 11.9. The highest BCUT2D eigenvalue weighted by Crippen LogP contribution is 2.17. The van der Waals surface area contributed by atoms with E-state index in [0.717, 1.165) is 17.8 Å². The van der Waals surface area contributed by atoms with E-state index in [2.05, 4.69) is 20.8 Å². The molecule has 0 spiro atoms. The van der Waals surface area contributed by atoms with Crippen LogP contribution in [-0.2, 0) is 0 Å². The van der Waals surface area contributed by atoms with E-state index in [0.29, 0.717) is 10.7 Å². The minimum absolute atomic E-state index is 0.169. The van der Waals surface area contributed by atoms with Gasteiger partial charge in [-0.25, -0.2) is 0 Å². The summed E-state index contributed by atoms with van der Waals surface area (Å²) in [5.74, 6) is -0.169. The number of anilines is 2. The average molecular weight is 262 g/mol. The van der Waals surface area contributed by atoms with Gasteiger partial charge in [0.1, 0.15) is 5.51 Å². The lowest BCUT2D eigenvalue weighted by atomic mass is 10.1. The third-order valence-corrected chi connectivity index (χ3v) is 3.04. The molecule has 0 atom stereocenters. The van der Waals surface area contributed by atoms with Crippen molar-refractivity contribution >= 4 is 28.1 Å². The van der Waals surface area contributed by atoms with Crippen LogP contribution in [-0.4, -0.2) is 22.6 Å². The molecule has 0 saturated carbocycles. The molecule has 6 heteroatoms. The van der Waals surface area contributed by atoms with Crippen LogP contribution in [0.1, 0.15) is 22.8 Å². The number of hydrogen-bond acceptors (Lipinski definition) is 5. The van der Waals surface area contributed by atoms with E-state index < -0.39 is 0 Å². The zero-order valence-corrected chi connectivity index (χ0v) is 11.0. The third kappa shape index (κ3) is 2.84. The van der Waals surface area contributed by atoms with Gasteiger partial charge in [-0.1, -0.05) is 11.3 Å². The maximum Gasteiger partial charge on any atom is 0.257 e.